The Balaban J connectivity index is 0. The van der Waals surface area contributed by atoms with Crippen LogP contribution in [-0.2, 0) is 15.3 Å². The van der Waals surface area contributed by atoms with E-state index in [2.05, 4.69) is 6.92 Å². The zero-order valence-electron chi connectivity index (χ0n) is 11.4. The molecule has 0 atom stereocenters. The average Bonchev–Trinajstić information content (AvgIpc) is 2.14. The van der Waals surface area contributed by atoms with Gasteiger partial charge in [-0.25, -0.2) is 9.78 Å². The zero-order valence-corrected chi connectivity index (χ0v) is 11.4. The molecule has 0 aromatic rings. The molecular formula is C13H28O3. The summed E-state index contributed by atoms with van der Waals surface area (Å²) in [6, 6.07) is 0. The molecule has 0 N–H and O–H groups in total. The van der Waals surface area contributed by atoms with Crippen LogP contribution in [0.25, 0.3) is 0 Å². The molecule has 0 aliphatic carbocycles. The molecule has 98 valence electrons. The molecule has 0 amide bonds. The number of hydrogen-bond acceptors (Lipinski definition) is 2. The van der Waals surface area contributed by atoms with E-state index in [0.29, 0.717) is 0 Å². The molecule has 0 fully saturated rings. The molecule has 0 aromatic carbocycles. The van der Waals surface area contributed by atoms with Gasteiger partial charge in [0.25, 0.3) is 0 Å². The van der Waals surface area contributed by atoms with Crippen LogP contribution >= 0.6 is 0 Å². The minimum Gasteiger partial charge on any atom is -0.236 e. The first kappa shape index (κ1) is 18.3. The van der Waals surface area contributed by atoms with Gasteiger partial charge in [-0.1, -0.05) is 45.4 Å². The van der Waals surface area contributed by atoms with E-state index in [1.807, 2.05) is 20.8 Å². The highest BCUT2D eigenvalue weighted by atomic mass is 17.2. The van der Waals surface area contributed by atoms with Crippen molar-refractivity contribution in [3.63, 3.8) is 0 Å². The van der Waals surface area contributed by atoms with Crippen molar-refractivity contribution in [2.45, 2.75) is 78.2 Å². The lowest BCUT2D eigenvalue weighted by atomic mass is 10.1. The lowest BCUT2D eigenvalue weighted by Crippen LogP contribution is -2.19. The third-order valence-corrected chi connectivity index (χ3v) is 2.14. The van der Waals surface area contributed by atoms with E-state index in [4.69, 9.17) is 9.78 Å². The molecule has 0 aliphatic heterocycles. The van der Waals surface area contributed by atoms with Gasteiger partial charge in [0, 0.05) is 5.48 Å². The predicted octanol–water partition coefficient (Wildman–Crippen LogP) is 4.36. The highest BCUT2D eigenvalue weighted by molar-refractivity contribution is 4.54. The summed E-state index contributed by atoms with van der Waals surface area (Å²) in [4.78, 5) is 10.3. The largest absolute Gasteiger partial charge is 0.236 e. The summed E-state index contributed by atoms with van der Waals surface area (Å²) in [5.41, 5.74) is -0.179. The Morgan fingerprint density at radius 3 is 1.81 bits per heavy atom. The third-order valence-electron chi connectivity index (χ3n) is 2.14. The topological polar surface area (TPSA) is 47.0 Å². The predicted molar refractivity (Wildman–Crippen MR) is 65.5 cm³/mol. The van der Waals surface area contributed by atoms with Gasteiger partial charge in [-0.15, -0.1) is 0 Å². The summed E-state index contributed by atoms with van der Waals surface area (Å²) >= 11 is 0. The van der Waals surface area contributed by atoms with E-state index in [1.54, 1.807) is 0 Å². The molecule has 2 radical (unpaired) electrons. The quantitative estimate of drug-likeness (QED) is 0.337. The van der Waals surface area contributed by atoms with Crippen molar-refractivity contribution >= 4 is 0 Å². The molecule has 3 nitrogen and oxygen atoms in total. The molecule has 0 heterocycles. The van der Waals surface area contributed by atoms with Crippen LogP contribution in [0.4, 0.5) is 0 Å². The van der Waals surface area contributed by atoms with Crippen molar-refractivity contribution in [1.29, 1.82) is 0 Å². The molecule has 0 aromatic heterocycles. The third kappa shape index (κ3) is 16.3. The Morgan fingerprint density at radius 1 is 0.812 bits per heavy atom. The molecule has 0 aliphatic rings. The number of hydrogen-bond donors (Lipinski definition) is 0. The fourth-order valence-electron chi connectivity index (χ4n) is 1.34. The lowest BCUT2D eigenvalue weighted by molar-refractivity contribution is -0.348. The van der Waals surface area contributed by atoms with Crippen LogP contribution in [0.1, 0.15) is 72.6 Å². The maximum absolute atomic E-state index is 5.17. The first-order chi connectivity index (χ1) is 7.06. The van der Waals surface area contributed by atoms with E-state index in [9.17, 15) is 0 Å². The van der Waals surface area contributed by atoms with Crippen LogP contribution in [0, 0.1) is 0 Å². The molecule has 0 saturated heterocycles. The first-order valence-corrected chi connectivity index (χ1v) is 6.37. The monoisotopic (exact) mass is 232 g/mol. The summed E-state index contributed by atoms with van der Waals surface area (Å²) in [5.74, 6) is 0. The highest BCUT2D eigenvalue weighted by Crippen LogP contribution is 2.09. The second-order valence-electron chi connectivity index (χ2n) is 5.14. The summed E-state index contributed by atoms with van der Waals surface area (Å²) < 4.78 is 0. The van der Waals surface area contributed by atoms with E-state index in [1.165, 1.54) is 38.5 Å². The van der Waals surface area contributed by atoms with Gasteiger partial charge in [-0.05, 0) is 27.2 Å². The van der Waals surface area contributed by atoms with Gasteiger partial charge in [-0.3, -0.25) is 0 Å². The molecule has 0 unspecified atom stereocenters. The van der Waals surface area contributed by atoms with Gasteiger partial charge in [0.2, 0.25) is 0 Å². The molecule has 3 heteroatoms. The SMILES string of the molecule is CCCCCCCCCOOC(C)(C)C.[O]. The zero-order chi connectivity index (χ0) is 11.6. The van der Waals surface area contributed by atoms with Crippen molar-refractivity contribution in [3.05, 3.63) is 0 Å². The van der Waals surface area contributed by atoms with E-state index >= 15 is 0 Å². The van der Waals surface area contributed by atoms with Crippen LogP contribution in [0.5, 0.6) is 0 Å². The summed E-state index contributed by atoms with van der Waals surface area (Å²) in [6.45, 7) is 8.97. The molecule has 0 saturated carbocycles. The van der Waals surface area contributed by atoms with Crippen molar-refractivity contribution in [2.24, 2.45) is 0 Å². The molecular weight excluding hydrogens is 204 g/mol. The minimum atomic E-state index is -0.179. The second kappa shape index (κ2) is 11.4. The Labute approximate surface area is 101 Å². The van der Waals surface area contributed by atoms with Crippen LogP contribution in [-0.4, -0.2) is 12.2 Å². The maximum Gasteiger partial charge on any atom is 0.0952 e. The Hall–Kier alpha value is -0.120. The van der Waals surface area contributed by atoms with E-state index < -0.39 is 0 Å². The molecule has 0 rings (SSSR count). The van der Waals surface area contributed by atoms with Gasteiger partial charge in [0.15, 0.2) is 0 Å². The number of unbranched alkanes of at least 4 members (excludes halogenated alkanes) is 6. The van der Waals surface area contributed by atoms with Crippen molar-refractivity contribution in [1.82, 2.24) is 0 Å². The van der Waals surface area contributed by atoms with Crippen LogP contribution in [0.15, 0.2) is 0 Å². The van der Waals surface area contributed by atoms with Crippen LogP contribution in [0.3, 0.4) is 0 Å². The van der Waals surface area contributed by atoms with Gasteiger partial charge in [0.1, 0.15) is 0 Å². The highest BCUT2D eigenvalue weighted by Gasteiger charge is 2.10. The fraction of sp³-hybridized carbons (Fsp3) is 1.00. The van der Waals surface area contributed by atoms with Crippen molar-refractivity contribution in [3.8, 4) is 0 Å². The first-order valence-electron chi connectivity index (χ1n) is 6.37. The fourth-order valence-corrected chi connectivity index (χ4v) is 1.34. The smallest absolute Gasteiger partial charge is 0.0952 e. The lowest BCUT2D eigenvalue weighted by Gasteiger charge is -2.17. The minimum absolute atomic E-state index is 0. The Kier molecular flexibility index (Phi) is 13.0. The van der Waals surface area contributed by atoms with Gasteiger partial charge in [-0.2, -0.15) is 0 Å². The van der Waals surface area contributed by atoms with Crippen LogP contribution in [0.2, 0.25) is 0 Å². The normalized spacial score (nSPS) is 11.2. The maximum atomic E-state index is 5.17. The van der Waals surface area contributed by atoms with E-state index in [0.717, 1.165) is 13.0 Å². The summed E-state index contributed by atoms with van der Waals surface area (Å²) in [7, 11) is 0. The van der Waals surface area contributed by atoms with Crippen molar-refractivity contribution < 1.29 is 15.3 Å². The van der Waals surface area contributed by atoms with E-state index in [-0.39, 0.29) is 11.1 Å². The number of rotatable bonds is 9. The summed E-state index contributed by atoms with van der Waals surface area (Å²) in [5, 5.41) is 0. The Morgan fingerprint density at radius 2 is 1.31 bits per heavy atom. The molecule has 16 heavy (non-hydrogen) atoms. The standard InChI is InChI=1S/C13H28O2.O/c1-5-6-7-8-9-10-11-12-14-15-13(2,3)4;/h5-12H2,1-4H3;. The van der Waals surface area contributed by atoms with Gasteiger partial charge < -0.3 is 0 Å². The van der Waals surface area contributed by atoms with Gasteiger partial charge >= 0.3 is 0 Å². The molecule has 0 spiro atoms. The Bertz CT molecular complexity index is 130. The molecule has 0 bridgehead atoms. The average molecular weight is 232 g/mol. The summed E-state index contributed by atoms with van der Waals surface area (Å²) in [6.07, 6.45) is 9.16. The van der Waals surface area contributed by atoms with Crippen molar-refractivity contribution in [2.75, 3.05) is 6.61 Å². The van der Waals surface area contributed by atoms with Crippen LogP contribution < -0.4 is 0 Å². The van der Waals surface area contributed by atoms with Gasteiger partial charge in [0.05, 0.1) is 12.2 Å². The second-order valence-corrected chi connectivity index (χ2v) is 5.14.